The molecule has 0 aliphatic carbocycles. The number of ether oxygens (including phenoxy) is 1. The zero-order valence-corrected chi connectivity index (χ0v) is 17.1. The second-order valence-electron chi connectivity index (χ2n) is 8.30. The standard InChI is InChI=1S/C21H32N2O2.ClH/c1-16(17-9-11-22-12-10-17)13-20(24)23-14-19(25-15-21(23,2)3)18-7-5-4-6-8-18;/h4-8,16-17,19,22H,9-15H2,1-3H3;1H. The summed E-state index contributed by atoms with van der Waals surface area (Å²) in [7, 11) is 0. The number of hydrogen-bond donors (Lipinski definition) is 1. The maximum Gasteiger partial charge on any atom is 0.223 e. The van der Waals surface area contributed by atoms with Crippen molar-refractivity contribution in [3.05, 3.63) is 35.9 Å². The van der Waals surface area contributed by atoms with Crippen LogP contribution in [0.25, 0.3) is 0 Å². The molecule has 1 amide bonds. The number of piperidine rings is 1. The highest BCUT2D eigenvalue weighted by Gasteiger charge is 2.39. The van der Waals surface area contributed by atoms with Crippen molar-refractivity contribution in [1.82, 2.24) is 10.2 Å². The quantitative estimate of drug-likeness (QED) is 0.863. The molecule has 2 saturated heterocycles. The van der Waals surface area contributed by atoms with Gasteiger partial charge in [-0.3, -0.25) is 4.79 Å². The van der Waals surface area contributed by atoms with Gasteiger partial charge in [0.15, 0.2) is 0 Å². The summed E-state index contributed by atoms with van der Waals surface area (Å²) in [5.41, 5.74) is 0.915. The van der Waals surface area contributed by atoms with Gasteiger partial charge in [0.2, 0.25) is 5.91 Å². The summed E-state index contributed by atoms with van der Waals surface area (Å²) in [6.45, 7) is 9.87. The molecule has 26 heavy (non-hydrogen) atoms. The van der Waals surface area contributed by atoms with Crippen molar-refractivity contribution < 1.29 is 9.53 Å². The molecule has 2 unspecified atom stereocenters. The topological polar surface area (TPSA) is 41.6 Å². The molecule has 3 rings (SSSR count). The Balaban J connectivity index is 0.00000243. The van der Waals surface area contributed by atoms with Crippen molar-refractivity contribution >= 4 is 18.3 Å². The summed E-state index contributed by atoms with van der Waals surface area (Å²) in [5, 5.41) is 3.41. The number of hydrogen-bond acceptors (Lipinski definition) is 3. The van der Waals surface area contributed by atoms with Crippen LogP contribution in [0.4, 0.5) is 0 Å². The predicted molar refractivity (Wildman–Crippen MR) is 108 cm³/mol. The number of carbonyl (C=O) groups is 1. The Kier molecular flexibility index (Phi) is 7.51. The first-order chi connectivity index (χ1) is 12.0. The molecular weight excluding hydrogens is 348 g/mol. The minimum absolute atomic E-state index is 0. The van der Waals surface area contributed by atoms with Crippen LogP contribution in [0.15, 0.2) is 30.3 Å². The smallest absolute Gasteiger partial charge is 0.223 e. The summed E-state index contributed by atoms with van der Waals surface area (Å²) in [6, 6.07) is 10.3. The molecule has 146 valence electrons. The maximum absolute atomic E-state index is 13.1. The van der Waals surface area contributed by atoms with E-state index in [1.807, 2.05) is 18.2 Å². The molecule has 1 aromatic carbocycles. The normalized spacial score (nSPS) is 24.6. The Labute approximate surface area is 164 Å². The molecule has 0 spiro atoms. The Morgan fingerprint density at radius 2 is 1.92 bits per heavy atom. The van der Waals surface area contributed by atoms with Gasteiger partial charge in [-0.05, 0) is 57.2 Å². The molecule has 0 saturated carbocycles. The van der Waals surface area contributed by atoms with Crippen molar-refractivity contribution in [2.45, 2.75) is 51.7 Å². The number of nitrogens with one attached hydrogen (secondary N) is 1. The Morgan fingerprint density at radius 1 is 1.27 bits per heavy atom. The molecule has 2 fully saturated rings. The Hall–Kier alpha value is -1.10. The monoisotopic (exact) mass is 380 g/mol. The van der Waals surface area contributed by atoms with Crippen LogP contribution >= 0.6 is 12.4 Å². The summed E-state index contributed by atoms with van der Waals surface area (Å²) in [4.78, 5) is 15.2. The van der Waals surface area contributed by atoms with Crippen molar-refractivity contribution in [3.63, 3.8) is 0 Å². The second kappa shape index (κ2) is 9.20. The Bertz CT molecular complexity index is 573. The van der Waals surface area contributed by atoms with Crippen LogP contribution in [-0.2, 0) is 9.53 Å². The van der Waals surface area contributed by atoms with E-state index in [0.29, 0.717) is 31.4 Å². The number of amides is 1. The van der Waals surface area contributed by atoms with E-state index in [1.165, 1.54) is 12.8 Å². The minimum atomic E-state index is -0.240. The van der Waals surface area contributed by atoms with E-state index in [2.05, 4.69) is 43.1 Å². The molecule has 5 heteroatoms. The van der Waals surface area contributed by atoms with Crippen LogP contribution < -0.4 is 5.32 Å². The van der Waals surface area contributed by atoms with E-state index in [0.717, 1.165) is 18.7 Å². The van der Waals surface area contributed by atoms with E-state index in [1.54, 1.807) is 0 Å². The van der Waals surface area contributed by atoms with Crippen molar-refractivity contribution in [2.75, 3.05) is 26.2 Å². The van der Waals surface area contributed by atoms with Gasteiger partial charge in [-0.25, -0.2) is 0 Å². The average molecular weight is 381 g/mol. The first-order valence-corrected chi connectivity index (χ1v) is 9.65. The van der Waals surface area contributed by atoms with Gasteiger partial charge in [0.05, 0.1) is 18.7 Å². The lowest BCUT2D eigenvalue weighted by atomic mass is 9.83. The molecule has 2 aliphatic heterocycles. The fourth-order valence-electron chi connectivity index (χ4n) is 4.12. The third-order valence-electron chi connectivity index (χ3n) is 5.87. The summed E-state index contributed by atoms with van der Waals surface area (Å²) in [5.74, 6) is 1.39. The van der Waals surface area contributed by atoms with E-state index in [-0.39, 0.29) is 30.0 Å². The zero-order chi connectivity index (χ0) is 17.9. The lowest BCUT2D eigenvalue weighted by Gasteiger charge is -2.46. The first-order valence-electron chi connectivity index (χ1n) is 9.65. The van der Waals surface area contributed by atoms with Gasteiger partial charge in [0, 0.05) is 6.42 Å². The van der Waals surface area contributed by atoms with Crippen molar-refractivity contribution in [1.29, 1.82) is 0 Å². The highest BCUT2D eigenvalue weighted by Crippen LogP contribution is 2.32. The number of halogens is 1. The number of rotatable bonds is 4. The molecule has 0 aromatic heterocycles. The summed E-state index contributed by atoms with van der Waals surface area (Å²) < 4.78 is 6.08. The molecular formula is C21H33ClN2O2. The van der Waals surface area contributed by atoms with Crippen LogP contribution in [0, 0.1) is 11.8 Å². The largest absolute Gasteiger partial charge is 0.369 e. The van der Waals surface area contributed by atoms with E-state index >= 15 is 0 Å². The number of carbonyl (C=O) groups excluding carboxylic acids is 1. The van der Waals surface area contributed by atoms with Gasteiger partial charge in [-0.1, -0.05) is 37.3 Å². The van der Waals surface area contributed by atoms with Gasteiger partial charge in [0.25, 0.3) is 0 Å². The van der Waals surface area contributed by atoms with Crippen LogP contribution in [0.2, 0.25) is 0 Å². The molecule has 0 bridgehead atoms. The van der Waals surface area contributed by atoms with Crippen LogP contribution in [-0.4, -0.2) is 42.6 Å². The van der Waals surface area contributed by atoms with Gasteiger partial charge in [-0.15, -0.1) is 12.4 Å². The van der Waals surface area contributed by atoms with Crippen LogP contribution in [0.3, 0.4) is 0 Å². The predicted octanol–water partition coefficient (Wildman–Crippen LogP) is 3.81. The maximum atomic E-state index is 13.1. The van der Waals surface area contributed by atoms with Gasteiger partial charge >= 0.3 is 0 Å². The number of benzene rings is 1. The second-order valence-corrected chi connectivity index (χ2v) is 8.30. The van der Waals surface area contributed by atoms with Crippen LogP contribution in [0.5, 0.6) is 0 Å². The van der Waals surface area contributed by atoms with E-state index in [4.69, 9.17) is 4.74 Å². The van der Waals surface area contributed by atoms with Gasteiger partial charge < -0.3 is 15.0 Å². The fraction of sp³-hybridized carbons (Fsp3) is 0.667. The Morgan fingerprint density at radius 3 is 2.58 bits per heavy atom. The zero-order valence-electron chi connectivity index (χ0n) is 16.2. The van der Waals surface area contributed by atoms with Crippen molar-refractivity contribution in [2.24, 2.45) is 11.8 Å². The third kappa shape index (κ3) is 4.99. The number of nitrogens with zero attached hydrogens (tertiary/aromatic N) is 1. The first kappa shape index (κ1) is 21.2. The van der Waals surface area contributed by atoms with Crippen molar-refractivity contribution in [3.8, 4) is 0 Å². The fourth-order valence-corrected chi connectivity index (χ4v) is 4.12. The SMILES string of the molecule is CC(CC(=O)N1CC(c2ccccc2)OCC1(C)C)C1CCNCC1.Cl. The average Bonchev–Trinajstić information content (AvgIpc) is 2.63. The molecule has 2 aliphatic rings. The minimum Gasteiger partial charge on any atom is -0.369 e. The lowest BCUT2D eigenvalue weighted by molar-refractivity contribution is -0.156. The molecule has 0 radical (unpaired) electrons. The molecule has 2 atom stereocenters. The molecule has 1 N–H and O–H groups in total. The summed E-state index contributed by atoms with van der Waals surface area (Å²) in [6.07, 6.45) is 3.00. The number of morpholine rings is 1. The highest BCUT2D eigenvalue weighted by molar-refractivity contribution is 5.85. The van der Waals surface area contributed by atoms with Gasteiger partial charge in [0.1, 0.15) is 6.10 Å². The van der Waals surface area contributed by atoms with Crippen LogP contribution in [0.1, 0.15) is 51.7 Å². The van der Waals surface area contributed by atoms with Gasteiger partial charge in [-0.2, -0.15) is 0 Å². The van der Waals surface area contributed by atoms with E-state index in [9.17, 15) is 4.79 Å². The third-order valence-corrected chi connectivity index (χ3v) is 5.87. The highest BCUT2D eigenvalue weighted by atomic mass is 35.5. The van der Waals surface area contributed by atoms with E-state index < -0.39 is 0 Å². The summed E-state index contributed by atoms with van der Waals surface area (Å²) >= 11 is 0. The lowest BCUT2D eigenvalue weighted by Crippen LogP contribution is -2.56. The molecule has 1 aromatic rings. The molecule has 2 heterocycles. The molecule has 4 nitrogen and oxygen atoms in total.